The third-order valence-corrected chi connectivity index (χ3v) is 1.82. The SMILES string of the molecule is CCCCOC(=O)N(C)C(C)C=O. The summed E-state index contributed by atoms with van der Waals surface area (Å²) < 4.78 is 4.90. The van der Waals surface area contributed by atoms with Crippen LogP contribution in [0.4, 0.5) is 4.79 Å². The van der Waals surface area contributed by atoms with Crippen LogP contribution in [-0.2, 0) is 9.53 Å². The molecule has 4 heteroatoms. The van der Waals surface area contributed by atoms with Crippen molar-refractivity contribution in [3.05, 3.63) is 0 Å². The number of nitrogens with zero attached hydrogens (tertiary/aromatic N) is 1. The molecular weight excluding hydrogens is 170 g/mol. The lowest BCUT2D eigenvalue weighted by Crippen LogP contribution is -2.36. The van der Waals surface area contributed by atoms with E-state index in [1.807, 2.05) is 6.92 Å². The largest absolute Gasteiger partial charge is 0.449 e. The predicted molar refractivity (Wildman–Crippen MR) is 49.5 cm³/mol. The highest BCUT2D eigenvalue weighted by atomic mass is 16.6. The summed E-state index contributed by atoms with van der Waals surface area (Å²) in [6.07, 6.45) is 2.11. The van der Waals surface area contributed by atoms with Gasteiger partial charge in [0.05, 0.1) is 12.6 Å². The Kier molecular flexibility index (Phi) is 5.93. The summed E-state index contributed by atoms with van der Waals surface area (Å²) >= 11 is 0. The summed E-state index contributed by atoms with van der Waals surface area (Å²) in [5.41, 5.74) is 0. The third-order valence-electron chi connectivity index (χ3n) is 1.82. The first-order valence-electron chi connectivity index (χ1n) is 4.48. The Morgan fingerprint density at radius 1 is 1.62 bits per heavy atom. The number of unbranched alkanes of at least 4 members (excludes halogenated alkanes) is 1. The number of ether oxygens (including phenoxy) is 1. The average molecular weight is 187 g/mol. The fourth-order valence-electron chi connectivity index (χ4n) is 0.663. The first kappa shape index (κ1) is 11.9. The zero-order valence-electron chi connectivity index (χ0n) is 8.45. The quantitative estimate of drug-likeness (QED) is 0.483. The van der Waals surface area contributed by atoms with E-state index in [1.165, 1.54) is 4.90 Å². The first-order chi connectivity index (χ1) is 6.13. The molecular formula is C9H17NO3. The second kappa shape index (κ2) is 6.46. The fraction of sp³-hybridized carbons (Fsp3) is 0.778. The minimum atomic E-state index is -0.437. The number of amides is 1. The molecule has 13 heavy (non-hydrogen) atoms. The predicted octanol–water partition coefficient (Wildman–Crippen LogP) is 1.44. The summed E-state index contributed by atoms with van der Waals surface area (Å²) in [5.74, 6) is 0. The van der Waals surface area contributed by atoms with Crippen molar-refractivity contribution in [3.8, 4) is 0 Å². The fourth-order valence-corrected chi connectivity index (χ4v) is 0.663. The van der Waals surface area contributed by atoms with E-state index < -0.39 is 12.1 Å². The van der Waals surface area contributed by atoms with Gasteiger partial charge in [-0.3, -0.25) is 0 Å². The summed E-state index contributed by atoms with van der Waals surface area (Å²) in [5, 5.41) is 0. The maximum Gasteiger partial charge on any atom is 0.410 e. The minimum Gasteiger partial charge on any atom is -0.449 e. The molecule has 0 radical (unpaired) electrons. The lowest BCUT2D eigenvalue weighted by molar-refractivity contribution is -0.111. The van der Waals surface area contributed by atoms with Crippen molar-refractivity contribution in [2.45, 2.75) is 32.7 Å². The maximum absolute atomic E-state index is 11.2. The van der Waals surface area contributed by atoms with Crippen LogP contribution in [0.3, 0.4) is 0 Å². The van der Waals surface area contributed by atoms with Crippen LogP contribution >= 0.6 is 0 Å². The summed E-state index contributed by atoms with van der Waals surface area (Å²) in [6.45, 7) is 4.09. The molecule has 4 nitrogen and oxygen atoms in total. The molecule has 0 saturated carbocycles. The zero-order chi connectivity index (χ0) is 10.3. The monoisotopic (exact) mass is 187 g/mol. The molecule has 0 aliphatic carbocycles. The van der Waals surface area contributed by atoms with Gasteiger partial charge in [0.15, 0.2) is 0 Å². The third kappa shape index (κ3) is 4.50. The number of aldehydes is 1. The standard InChI is InChI=1S/C9H17NO3/c1-4-5-6-13-9(12)10(3)8(2)7-11/h7-8H,4-6H2,1-3H3. The van der Waals surface area contributed by atoms with E-state index in [2.05, 4.69) is 0 Å². The Balaban J connectivity index is 3.75. The van der Waals surface area contributed by atoms with Gasteiger partial charge >= 0.3 is 6.09 Å². The molecule has 0 heterocycles. The van der Waals surface area contributed by atoms with Crippen molar-refractivity contribution in [2.24, 2.45) is 0 Å². The first-order valence-corrected chi connectivity index (χ1v) is 4.48. The molecule has 0 aliphatic rings. The second-order valence-electron chi connectivity index (χ2n) is 2.96. The molecule has 0 fully saturated rings. The smallest absolute Gasteiger partial charge is 0.410 e. The molecule has 0 aromatic heterocycles. The van der Waals surface area contributed by atoms with Crippen LogP contribution in [0.1, 0.15) is 26.7 Å². The lowest BCUT2D eigenvalue weighted by atomic mass is 10.3. The number of carbonyl (C=O) groups is 2. The van der Waals surface area contributed by atoms with E-state index in [0.29, 0.717) is 12.9 Å². The van der Waals surface area contributed by atoms with Crippen molar-refractivity contribution >= 4 is 12.4 Å². The molecule has 0 saturated heterocycles. The highest BCUT2D eigenvalue weighted by molar-refractivity contribution is 5.72. The van der Waals surface area contributed by atoms with E-state index in [0.717, 1.165) is 12.8 Å². The second-order valence-corrected chi connectivity index (χ2v) is 2.96. The van der Waals surface area contributed by atoms with Gasteiger partial charge in [0.25, 0.3) is 0 Å². The van der Waals surface area contributed by atoms with Crippen molar-refractivity contribution in [2.75, 3.05) is 13.7 Å². The molecule has 76 valence electrons. The highest BCUT2D eigenvalue weighted by Crippen LogP contribution is 1.97. The molecule has 1 unspecified atom stereocenters. The molecule has 1 atom stereocenters. The molecule has 0 N–H and O–H groups in total. The van der Waals surface area contributed by atoms with Crippen LogP contribution < -0.4 is 0 Å². The average Bonchev–Trinajstić information content (AvgIpc) is 2.15. The molecule has 0 aliphatic heterocycles. The number of hydrogen-bond donors (Lipinski definition) is 0. The highest BCUT2D eigenvalue weighted by Gasteiger charge is 2.15. The number of rotatable bonds is 5. The van der Waals surface area contributed by atoms with Gasteiger partial charge < -0.3 is 14.4 Å². The van der Waals surface area contributed by atoms with Crippen LogP contribution in [0.25, 0.3) is 0 Å². The Morgan fingerprint density at radius 3 is 2.69 bits per heavy atom. The Hall–Kier alpha value is -1.06. The van der Waals surface area contributed by atoms with Crippen LogP contribution in [-0.4, -0.2) is 37.0 Å². The number of likely N-dealkylation sites (N-methyl/N-ethyl adjacent to an activating group) is 1. The molecule has 0 aromatic rings. The van der Waals surface area contributed by atoms with E-state index in [1.54, 1.807) is 14.0 Å². The van der Waals surface area contributed by atoms with Gasteiger partial charge in [-0.15, -0.1) is 0 Å². The van der Waals surface area contributed by atoms with Gasteiger partial charge in [-0.25, -0.2) is 4.79 Å². The van der Waals surface area contributed by atoms with Gasteiger partial charge in [0, 0.05) is 7.05 Å². The summed E-state index contributed by atoms with van der Waals surface area (Å²) in [6, 6.07) is -0.422. The summed E-state index contributed by atoms with van der Waals surface area (Å²) in [4.78, 5) is 22.8. The maximum atomic E-state index is 11.2. The van der Waals surface area contributed by atoms with Gasteiger partial charge in [-0.05, 0) is 13.3 Å². The number of carbonyl (C=O) groups excluding carboxylic acids is 2. The van der Waals surface area contributed by atoms with E-state index in [-0.39, 0.29) is 0 Å². The number of hydrogen-bond acceptors (Lipinski definition) is 3. The normalized spacial score (nSPS) is 11.9. The van der Waals surface area contributed by atoms with Gasteiger partial charge in [0.2, 0.25) is 0 Å². The molecule has 0 rings (SSSR count). The van der Waals surface area contributed by atoms with Crippen molar-refractivity contribution < 1.29 is 14.3 Å². The van der Waals surface area contributed by atoms with Crippen molar-refractivity contribution in [3.63, 3.8) is 0 Å². The van der Waals surface area contributed by atoms with Crippen LogP contribution in [0.5, 0.6) is 0 Å². The van der Waals surface area contributed by atoms with Crippen LogP contribution in [0, 0.1) is 0 Å². The van der Waals surface area contributed by atoms with Crippen LogP contribution in [0.2, 0.25) is 0 Å². The summed E-state index contributed by atoms with van der Waals surface area (Å²) in [7, 11) is 1.55. The van der Waals surface area contributed by atoms with E-state index >= 15 is 0 Å². The minimum absolute atomic E-state index is 0.422. The van der Waals surface area contributed by atoms with Crippen LogP contribution in [0.15, 0.2) is 0 Å². The molecule has 0 spiro atoms. The van der Waals surface area contributed by atoms with E-state index in [9.17, 15) is 9.59 Å². The molecule has 0 aromatic carbocycles. The molecule has 1 amide bonds. The van der Waals surface area contributed by atoms with E-state index in [4.69, 9.17) is 4.74 Å². The van der Waals surface area contributed by atoms with Gasteiger partial charge in [-0.1, -0.05) is 13.3 Å². The zero-order valence-corrected chi connectivity index (χ0v) is 8.45. The topological polar surface area (TPSA) is 46.6 Å². The molecule has 0 bridgehead atoms. The lowest BCUT2D eigenvalue weighted by Gasteiger charge is -2.19. The Bertz CT molecular complexity index is 170. The Morgan fingerprint density at radius 2 is 2.23 bits per heavy atom. The Labute approximate surface area is 78.9 Å². The van der Waals surface area contributed by atoms with Crippen molar-refractivity contribution in [1.82, 2.24) is 4.90 Å². The van der Waals surface area contributed by atoms with Crippen molar-refractivity contribution in [1.29, 1.82) is 0 Å². The van der Waals surface area contributed by atoms with Gasteiger partial charge in [0.1, 0.15) is 6.29 Å². The van der Waals surface area contributed by atoms with Gasteiger partial charge in [-0.2, -0.15) is 0 Å².